The molecular formula is C25H29N3O5S. The van der Waals surface area contributed by atoms with Crippen LogP contribution in [0.3, 0.4) is 0 Å². The summed E-state index contributed by atoms with van der Waals surface area (Å²) in [5, 5.41) is 5.84. The molecule has 1 amide bonds. The molecule has 3 rings (SSSR count). The number of hydrogen-bond acceptors (Lipinski definition) is 6. The maximum Gasteiger partial charge on any atom is 0.264 e. The Morgan fingerprint density at radius 3 is 2.35 bits per heavy atom. The number of para-hydroxylation sites is 1. The fourth-order valence-electron chi connectivity index (χ4n) is 3.33. The standard InChI is InChI=1S/C25H29N3O5S/c1-28(21-9-5-4-6-10-21)34(30,31)22-11-7-8-20(17-22)27-18-25(29)26-15-14-19-12-13-23(32-2)24(16-19)33-3/h4-13,16-17,27H,14-15,18H2,1-3H3,(H,26,29). The highest BCUT2D eigenvalue weighted by Crippen LogP contribution is 2.27. The second kappa shape index (κ2) is 11.4. The number of anilines is 2. The van der Waals surface area contributed by atoms with Crippen molar-refractivity contribution in [2.75, 3.05) is 44.0 Å². The zero-order valence-corrected chi connectivity index (χ0v) is 20.3. The van der Waals surface area contributed by atoms with Crippen LogP contribution in [0.5, 0.6) is 11.5 Å². The molecule has 0 spiro atoms. The topological polar surface area (TPSA) is 97.0 Å². The number of nitrogens with zero attached hydrogens (tertiary/aromatic N) is 1. The molecule has 0 atom stereocenters. The van der Waals surface area contributed by atoms with Gasteiger partial charge < -0.3 is 20.1 Å². The van der Waals surface area contributed by atoms with Crippen molar-refractivity contribution in [1.82, 2.24) is 5.32 Å². The summed E-state index contributed by atoms with van der Waals surface area (Å²) in [6, 6.07) is 20.9. The van der Waals surface area contributed by atoms with Crippen LogP contribution in [-0.4, -0.2) is 48.7 Å². The molecule has 0 saturated carbocycles. The molecule has 0 fully saturated rings. The second-order valence-electron chi connectivity index (χ2n) is 7.48. The number of benzene rings is 3. The summed E-state index contributed by atoms with van der Waals surface area (Å²) in [6.07, 6.45) is 0.631. The number of amides is 1. The van der Waals surface area contributed by atoms with Gasteiger partial charge >= 0.3 is 0 Å². The number of methoxy groups -OCH3 is 2. The Morgan fingerprint density at radius 1 is 0.912 bits per heavy atom. The Labute approximate surface area is 200 Å². The first-order valence-corrected chi connectivity index (χ1v) is 12.1. The average molecular weight is 484 g/mol. The van der Waals surface area contributed by atoms with Crippen LogP contribution >= 0.6 is 0 Å². The van der Waals surface area contributed by atoms with Crippen molar-refractivity contribution >= 4 is 27.3 Å². The van der Waals surface area contributed by atoms with Gasteiger partial charge in [0.15, 0.2) is 11.5 Å². The summed E-state index contributed by atoms with van der Waals surface area (Å²) >= 11 is 0. The summed E-state index contributed by atoms with van der Waals surface area (Å²) in [4.78, 5) is 12.4. The van der Waals surface area contributed by atoms with Crippen molar-refractivity contribution < 1.29 is 22.7 Å². The fraction of sp³-hybridized carbons (Fsp3) is 0.240. The van der Waals surface area contributed by atoms with Crippen molar-refractivity contribution in [1.29, 1.82) is 0 Å². The second-order valence-corrected chi connectivity index (χ2v) is 9.45. The third-order valence-corrected chi connectivity index (χ3v) is 7.03. The van der Waals surface area contributed by atoms with Crippen LogP contribution in [0.25, 0.3) is 0 Å². The van der Waals surface area contributed by atoms with Gasteiger partial charge in [-0.05, 0) is 54.4 Å². The van der Waals surface area contributed by atoms with Gasteiger partial charge in [-0.1, -0.05) is 30.3 Å². The van der Waals surface area contributed by atoms with E-state index in [0.717, 1.165) is 5.56 Å². The molecule has 0 radical (unpaired) electrons. The fourth-order valence-corrected chi connectivity index (χ4v) is 4.57. The van der Waals surface area contributed by atoms with Crippen LogP contribution in [0.15, 0.2) is 77.7 Å². The molecule has 0 aliphatic carbocycles. The summed E-state index contributed by atoms with van der Waals surface area (Å²) in [6.45, 7) is 0.468. The Morgan fingerprint density at radius 2 is 1.65 bits per heavy atom. The van der Waals surface area contributed by atoms with Gasteiger partial charge in [-0.3, -0.25) is 9.10 Å². The van der Waals surface area contributed by atoms with E-state index in [9.17, 15) is 13.2 Å². The molecule has 180 valence electrons. The van der Waals surface area contributed by atoms with E-state index in [0.29, 0.717) is 35.8 Å². The normalized spacial score (nSPS) is 10.9. The van der Waals surface area contributed by atoms with E-state index in [4.69, 9.17) is 9.47 Å². The van der Waals surface area contributed by atoms with E-state index in [-0.39, 0.29) is 17.3 Å². The van der Waals surface area contributed by atoms with Gasteiger partial charge in [0.2, 0.25) is 5.91 Å². The van der Waals surface area contributed by atoms with Crippen LogP contribution in [0.1, 0.15) is 5.56 Å². The largest absolute Gasteiger partial charge is 0.493 e. The molecule has 0 unspecified atom stereocenters. The first-order chi connectivity index (χ1) is 16.3. The molecule has 2 N–H and O–H groups in total. The molecule has 0 saturated heterocycles. The van der Waals surface area contributed by atoms with Crippen molar-refractivity contribution in [2.24, 2.45) is 0 Å². The van der Waals surface area contributed by atoms with E-state index in [1.807, 2.05) is 24.3 Å². The minimum absolute atomic E-state index is 0.0178. The number of nitrogens with one attached hydrogen (secondary N) is 2. The van der Waals surface area contributed by atoms with E-state index in [2.05, 4.69) is 10.6 Å². The lowest BCUT2D eigenvalue weighted by Crippen LogP contribution is -2.31. The zero-order valence-electron chi connectivity index (χ0n) is 19.4. The predicted molar refractivity (Wildman–Crippen MR) is 133 cm³/mol. The smallest absolute Gasteiger partial charge is 0.264 e. The number of rotatable bonds is 11. The Bertz CT molecular complexity index is 1220. The molecule has 0 aliphatic heterocycles. The third kappa shape index (κ3) is 6.20. The molecule has 0 heterocycles. The van der Waals surface area contributed by atoms with E-state index in [1.165, 1.54) is 23.5 Å². The third-order valence-electron chi connectivity index (χ3n) is 5.25. The maximum atomic E-state index is 13.0. The van der Waals surface area contributed by atoms with Gasteiger partial charge in [0.1, 0.15) is 0 Å². The minimum atomic E-state index is -3.74. The van der Waals surface area contributed by atoms with E-state index < -0.39 is 10.0 Å². The molecule has 3 aromatic rings. The highest BCUT2D eigenvalue weighted by molar-refractivity contribution is 7.92. The summed E-state index contributed by atoms with van der Waals surface area (Å²) in [5.74, 6) is 1.09. The van der Waals surface area contributed by atoms with Gasteiger partial charge in [0, 0.05) is 19.3 Å². The molecule has 3 aromatic carbocycles. The monoisotopic (exact) mass is 483 g/mol. The number of ether oxygens (including phenoxy) is 2. The number of carbonyl (C=O) groups excluding carboxylic acids is 1. The summed E-state index contributed by atoms with van der Waals surface area (Å²) in [7, 11) is 0.935. The average Bonchev–Trinajstić information content (AvgIpc) is 2.87. The minimum Gasteiger partial charge on any atom is -0.493 e. The lowest BCUT2D eigenvalue weighted by molar-refractivity contribution is -0.119. The quantitative estimate of drug-likeness (QED) is 0.434. The van der Waals surface area contributed by atoms with Crippen LogP contribution < -0.4 is 24.4 Å². The molecule has 0 aromatic heterocycles. The molecular weight excluding hydrogens is 454 g/mol. The molecule has 0 bridgehead atoms. The van der Waals surface area contributed by atoms with Crippen molar-refractivity contribution in [3.63, 3.8) is 0 Å². The predicted octanol–water partition coefficient (Wildman–Crippen LogP) is 3.30. The highest BCUT2D eigenvalue weighted by Gasteiger charge is 2.21. The Balaban J connectivity index is 1.54. The van der Waals surface area contributed by atoms with E-state index in [1.54, 1.807) is 50.6 Å². The zero-order chi connectivity index (χ0) is 24.6. The number of carbonyl (C=O) groups is 1. The van der Waals surface area contributed by atoms with Crippen molar-refractivity contribution in [2.45, 2.75) is 11.3 Å². The first-order valence-electron chi connectivity index (χ1n) is 10.7. The van der Waals surface area contributed by atoms with Crippen LogP contribution in [0.4, 0.5) is 11.4 Å². The highest BCUT2D eigenvalue weighted by atomic mass is 32.2. The lowest BCUT2D eigenvalue weighted by atomic mass is 10.1. The number of sulfonamides is 1. The summed E-state index contributed by atoms with van der Waals surface area (Å²) in [5.41, 5.74) is 2.11. The Hall–Kier alpha value is -3.72. The maximum absolute atomic E-state index is 13.0. The number of hydrogen-bond donors (Lipinski definition) is 2. The summed E-state index contributed by atoms with van der Waals surface area (Å²) < 4.78 is 37.7. The van der Waals surface area contributed by atoms with Gasteiger partial charge in [-0.15, -0.1) is 0 Å². The van der Waals surface area contributed by atoms with E-state index >= 15 is 0 Å². The van der Waals surface area contributed by atoms with Gasteiger partial charge in [-0.25, -0.2) is 8.42 Å². The first kappa shape index (κ1) is 24.9. The van der Waals surface area contributed by atoms with Gasteiger partial charge in [0.05, 0.1) is 31.3 Å². The lowest BCUT2D eigenvalue weighted by Gasteiger charge is -2.20. The molecule has 9 heteroatoms. The SMILES string of the molecule is COc1ccc(CCNC(=O)CNc2cccc(S(=O)(=O)N(C)c3ccccc3)c2)cc1OC. The Kier molecular flexibility index (Phi) is 8.37. The van der Waals surface area contributed by atoms with Crippen molar-refractivity contribution in [3.8, 4) is 11.5 Å². The van der Waals surface area contributed by atoms with Gasteiger partial charge in [0.25, 0.3) is 10.0 Å². The van der Waals surface area contributed by atoms with Crippen LogP contribution in [-0.2, 0) is 21.2 Å². The molecule has 0 aliphatic rings. The molecule has 8 nitrogen and oxygen atoms in total. The van der Waals surface area contributed by atoms with Crippen LogP contribution in [0, 0.1) is 0 Å². The van der Waals surface area contributed by atoms with Crippen LogP contribution in [0.2, 0.25) is 0 Å². The van der Waals surface area contributed by atoms with Crippen molar-refractivity contribution in [3.05, 3.63) is 78.4 Å². The van der Waals surface area contributed by atoms with Gasteiger partial charge in [-0.2, -0.15) is 0 Å². The molecule has 34 heavy (non-hydrogen) atoms.